The highest BCUT2D eigenvalue weighted by Gasteiger charge is 2.46. The molecule has 2 saturated carbocycles. The van der Waals surface area contributed by atoms with E-state index in [0.717, 1.165) is 6.54 Å². The molecule has 2 fully saturated rings. The number of hydrogen-bond acceptors (Lipinski definition) is 2. The van der Waals surface area contributed by atoms with E-state index >= 15 is 0 Å². The predicted octanol–water partition coefficient (Wildman–Crippen LogP) is 1.82. The van der Waals surface area contributed by atoms with Crippen molar-refractivity contribution in [1.29, 1.82) is 0 Å². The fourth-order valence-corrected chi connectivity index (χ4v) is 3.35. The van der Waals surface area contributed by atoms with Crippen molar-refractivity contribution in [3.8, 4) is 0 Å². The first kappa shape index (κ1) is 11.9. The zero-order valence-electron chi connectivity index (χ0n) is 10.3. The average molecular weight is 224 g/mol. The van der Waals surface area contributed by atoms with Crippen molar-refractivity contribution in [3.63, 3.8) is 0 Å². The van der Waals surface area contributed by atoms with Crippen LogP contribution in [-0.2, 0) is 4.79 Å². The van der Waals surface area contributed by atoms with E-state index in [9.17, 15) is 4.79 Å². The molecule has 0 saturated heterocycles. The highest BCUT2D eigenvalue weighted by molar-refractivity contribution is 5.75. The quantitative estimate of drug-likeness (QED) is 0.765. The maximum Gasteiger partial charge on any atom is 0.221 e. The minimum absolute atomic E-state index is 0.143. The third-order valence-corrected chi connectivity index (χ3v) is 4.54. The van der Waals surface area contributed by atoms with Gasteiger partial charge in [0, 0.05) is 26.1 Å². The summed E-state index contributed by atoms with van der Waals surface area (Å²) in [7, 11) is 1.70. The van der Waals surface area contributed by atoms with Crippen LogP contribution in [0.4, 0.5) is 0 Å². The summed E-state index contributed by atoms with van der Waals surface area (Å²) in [6.45, 7) is 0.839. The summed E-state index contributed by atoms with van der Waals surface area (Å²) < 4.78 is 0. The molecule has 0 aliphatic heterocycles. The van der Waals surface area contributed by atoms with Gasteiger partial charge in [-0.1, -0.05) is 19.3 Å². The Morgan fingerprint density at radius 2 is 2.00 bits per heavy atom. The summed E-state index contributed by atoms with van der Waals surface area (Å²) in [5.74, 6) is 0.143. The van der Waals surface area contributed by atoms with Crippen LogP contribution in [0.5, 0.6) is 0 Å². The van der Waals surface area contributed by atoms with Crippen molar-refractivity contribution in [3.05, 3.63) is 0 Å². The molecule has 0 bridgehead atoms. The minimum Gasteiger partial charge on any atom is -0.359 e. The molecule has 0 aromatic heterocycles. The SMILES string of the molecule is CNC(=O)CCNC1CCC12CCCCC2. The third kappa shape index (κ3) is 2.40. The van der Waals surface area contributed by atoms with E-state index in [1.807, 2.05) is 0 Å². The Balaban J connectivity index is 1.71. The summed E-state index contributed by atoms with van der Waals surface area (Å²) >= 11 is 0. The molecule has 0 radical (unpaired) electrons. The van der Waals surface area contributed by atoms with Crippen molar-refractivity contribution in [2.45, 2.75) is 57.4 Å². The molecular formula is C13H24N2O. The second-order valence-electron chi connectivity index (χ2n) is 5.39. The number of carbonyl (C=O) groups excluding carboxylic acids is 1. The van der Waals surface area contributed by atoms with Gasteiger partial charge in [-0.15, -0.1) is 0 Å². The monoisotopic (exact) mass is 224 g/mol. The first-order valence-corrected chi connectivity index (χ1v) is 6.71. The number of amides is 1. The maximum absolute atomic E-state index is 11.1. The van der Waals surface area contributed by atoms with Crippen LogP contribution in [0, 0.1) is 5.41 Å². The van der Waals surface area contributed by atoms with Gasteiger partial charge in [0.05, 0.1) is 0 Å². The fraction of sp³-hybridized carbons (Fsp3) is 0.923. The van der Waals surface area contributed by atoms with E-state index in [1.54, 1.807) is 7.05 Å². The average Bonchev–Trinajstić information content (AvgIpc) is 2.34. The van der Waals surface area contributed by atoms with Gasteiger partial charge < -0.3 is 10.6 Å². The molecular weight excluding hydrogens is 200 g/mol. The van der Waals surface area contributed by atoms with Crippen molar-refractivity contribution >= 4 is 5.91 Å². The van der Waals surface area contributed by atoms with Crippen LogP contribution in [0.2, 0.25) is 0 Å². The molecule has 3 nitrogen and oxygen atoms in total. The minimum atomic E-state index is 0.143. The van der Waals surface area contributed by atoms with Crippen molar-refractivity contribution in [2.75, 3.05) is 13.6 Å². The molecule has 2 aliphatic rings. The molecule has 3 heteroatoms. The molecule has 1 unspecified atom stereocenters. The number of hydrogen-bond donors (Lipinski definition) is 2. The zero-order chi connectivity index (χ0) is 11.4. The molecule has 16 heavy (non-hydrogen) atoms. The predicted molar refractivity (Wildman–Crippen MR) is 65.2 cm³/mol. The highest BCUT2D eigenvalue weighted by atomic mass is 16.1. The van der Waals surface area contributed by atoms with Crippen LogP contribution in [0.1, 0.15) is 51.4 Å². The molecule has 0 heterocycles. The van der Waals surface area contributed by atoms with Gasteiger partial charge in [0.1, 0.15) is 0 Å². The normalized spacial score (nSPS) is 27.4. The second-order valence-corrected chi connectivity index (χ2v) is 5.39. The smallest absolute Gasteiger partial charge is 0.221 e. The number of carbonyl (C=O) groups is 1. The Kier molecular flexibility index (Phi) is 3.85. The molecule has 2 aliphatic carbocycles. The lowest BCUT2D eigenvalue weighted by Crippen LogP contribution is -2.54. The van der Waals surface area contributed by atoms with Gasteiger partial charge in [0.2, 0.25) is 5.91 Å². The van der Waals surface area contributed by atoms with E-state index in [2.05, 4.69) is 10.6 Å². The zero-order valence-corrected chi connectivity index (χ0v) is 10.3. The van der Waals surface area contributed by atoms with Crippen molar-refractivity contribution in [1.82, 2.24) is 10.6 Å². The standard InChI is InChI=1S/C13H24N2O/c1-14-12(16)6-10-15-11-5-9-13(11)7-3-2-4-8-13/h11,15H,2-10H2,1H3,(H,14,16). The van der Waals surface area contributed by atoms with E-state index in [0.29, 0.717) is 17.9 Å². The molecule has 1 amide bonds. The van der Waals surface area contributed by atoms with Crippen molar-refractivity contribution < 1.29 is 4.79 Å². The Morgan fingerprint density at radius 3 is 2.56 bits per heavy atom. The van der Waals surface area contributed by atoms with E-state index in [4.69, 9.17) is 0 Å². The summed E-state index contributed by atoms with van der Waals surface area (Å²) in [5, 5.41) is 6.25. The lowest BCUT2D eigenvalue weighted by atomic mass is 9.57. The third-order valence-electron chi connectivity index (χ3n) is 4.54. The lowest BCUT2D eigenvalue weighted by Gasteiger charge is -2.52. The molecule has 2 rings (SSSR count). The van der Waals surface area contributed by atoms with Gasteiger partial charge in [0.25, 0.3) is 0 Å². The van der Waals surface area contributed by atoms with Gasteiger partial charge in [-0.05, 0) is 31.1 Å². The first-order chi connectivity index (χ1) is 7.77. The Hall–Kier alpha value is -0.570. The molecule has 0 aromatic carbocycles. The largest absolute Gasteiger partial charge is 0.359 e. The summed E-state index contributed by atoms with van der Waals surface area (Å²) in [6.07, 6.45) is 10.4. The van der Waals surface area contributed by atoms with Crippen LogP contribution in [0.3, 0.4) is 0 Å². The number of rotatable bonds is 4. The lowest BCUT2D eigenvalue weighted by molar-refractivity contribution is -0.120. The summed E-state index contributed by atoms with van der Waals surface area (Å²) in [4.78, 5) is 11.1. The summed E-state index contributed by atoms with van der Waals surface area (Å²) in [6, 6.07) is 0.692. The van der Waals surface area contributed by atoms with Crippen LogP contribution < -0.4 is 10.6 Å². The number of nitrogens with one attached hydrogen (secondary N) is 2. The first-order valence-electron chi connectivity index (χ1n) is 6.71. The molecule has 1 atom stereocenters. The maximum atomic E-state index is 11.1. The molecule has 0 aromatic rings. The Labute approximate surface area is 98.4 Å². The van der Waals surface area contributed by atoms with Crippen LogP contribution >= 0.6 is 0 Å². The van der Waals surface area contributed by atoms with Crippen LogP contribution in [0.25, 0.3) is 0 Å². The van der Waals surface area contributed by atoms with E-state index in [-0.39, 0.29) is 5.91 Å². The van der Waals surface area contributed by atoms with Gasteiger partial charge in [-0.2, -0.15) is 0 Å². The fourth-order valence-electron chi connectivity index (χ4n) is 3.35. The molecule has 2 N–H and O–H groups in total. The molecule has 1 spiro atoms. The summed E-state index contributed by atoms with van der Waals surface area (Å²) in [5.41, 5.74) is 0.612. The second kappa shape index (κ2) is 5.17. The Bertz CT molecular complexity index is 246. The van der Waals surface area contributed by atoms with Gasteiger partial charge in [-0.3, -0.25) is 4.79 Å². The van der Waals surface area contributed by atoms with E-state index < -0.39 is 0 Å². The van der Waals surface area contributed by atoms with Gasteiger partial charge in [0.15, 0.2) is 0 Å². The highest BCUT2D eigenvalue weighted by Crippen LogP contribution is 2.51. The molecule has 92 valence electrons. The van der Waals surface area contributed by atoms with Crippen LogP contribution in [0.15, 0.2) is 0 Å². The van der Waals surface area contributed by atoms with Crippen LogP contribution in [-0.4, -0.2) is 25.5 Å². The van der Waals surface area contributed by atoms with E-state index in [1.165, 1.54) is 44.9 Å². The van der Waals surface area contributed by atoms with Gasteiger partial charge >= 0.3 is 0 Å². The van der Waals surface area contributed by atoms with Crippen molar-refractivity contribution in [2.24, 2.45) is 5.41 Å². The topological polar surface area (TPSA) is 41.1 Å². The Morgan fingerprint density at radius 1 is 1.25 bits per heavy atom. The van der Waals surface area contributed by atoms with Gasteiger partial charge in [-0.25, -0.2) is 0 Å².